The van der Waals surface area contributed by atoms with Crippen molar-refractivity contribution in [2.24, 2.45) is 0 Å². The first-order valence-corrected chi connectivity index (χ1v) is 11.2. The number of hydrogen-bond donors (Lipinski definition) is 1. The minimum Gasteiger partial charge on any atom is -0.379 e. The van der Waals surface area contributed by atoms with E-state index < -0.39 is 0 Å². The largest absolute Gasteiger partial charge is 0.379 e. The number of fused-ring (bicyclic) bond motifs is 1. The molecule has 0 radical (unpaired) electrons. The molecule has 2 unspecified atom stereocenters. The summed E-state index contributed by atoms with van der Waals surface area (Å²) in [5.74, 6) is 0.194. The molecule has 154 valence electrons. The Bertz CT molecular complexity index is 487. The average molecular weight is 380 g/mol. The van der Waals surface area contributed by atoms with Gasteiger partial charge in [-0.05, 0) is 25.7 Å². The van der Waals surface area contributed by atoms with Crippen molar-refractivity contribution in [3.8, 4) is 0 Å². The van der Waals surface area contributed by atoms with Crippen molar-refractivity contribution in [1.29, 1.82) is 0 Å². The van der Waals surface area contributed by atoms with Gasteiger partial charge in [-0.1, -0.05) is 32.1 Å². The quantitative estimate of drug-likeness (QED) is 0.789. The van der Waals surface area contributed by atoms with Crippen molar-refractivity contribution in [2.45, 2.75) is 75.5 Å². The normalized spacial score (nSPS) is 32.6. The van der Waals surface area contributed by atoms with E-state index in [0.29, 0.717) is 18.7 Å². The lowest BCUT2D eigenvalue weighted by molar-refractivity contribution is -0.130. The molecule has 1 amide bonds. The van der Waals surface area contributed by atoms with Crippen LogP contribution >= 0.6 is 0 Å². The molecule has 4 aliphatic rings. The van der Waals surface area contributed by atoms with E-state index in [2.05, 4.69) is 15.1 Å². The predicted octanol–water partition coefficient (Wildman–Crippen LogP) is 1.78. The zero-order valence-electron chi connectivity index (χ0n) is 16.8. The van der Waals surface area contributed by atoms with E-state index in [4.69, 9.17) is 9.47 Å². The van der Waals surface area contributed by atoms with E-state index in [-0.39, 0.29) is 11.4 Å². The number of carbonyl (C=O) groups is 1. The van der Waals surface area contributed by atoms with E-state index in [1.54, 1.807) is 0 Å². The zero-order chi connectivity index (χ0) is 18.5. The van der Waals surface area contributed by atoms with Gasteiger partial charge < -0.3 is 14.8 Å². The Kier molecular flexibility index (Phi) is 6.69. The van der Waals surface area contributed by atoms with Gasteiger partial charge in [0.15, 0.2) is 0 Å². The maximum absolute atomic E-state index is 12.8. The molecule has 2 heterocycles. The van der Waals surface area contributed by atoms with Crippen molar-refractivity contribution in [3.63, 3.8) is 0 Å². The number of nitrogens with zero attached hydrogens (tertiary/aromatic N) is 2. The van der Waals surface area contributed by atoms with Crippen LogP contribution in [0.1, 0.15) is 57.8 Å². The second kappa shape index (κ2) is 9.21. The molecule has 1 N–H and O–H groups in total. The summed E-state index contributed by atoms with van der Waals surface area (Å²) in [4.78, 5) is 17.8. The molecule has 6 heteroatoms. The number of rotatable bonds is 5. The number of ether oxygens (including phenoxy) is 2. The Labute approximate surface area is 163 Å². The smallest absolute Gasteiger partial charge is 0.234 e. The van der Waals surface area contributed by atoms with Crippen LogP contribution in [0.15, 0.2) is 0 Å². The SMILES string of the molecule is O=C(CN1CCOC2CCCCC21)NCC1(N2CCOCC2)CCCCC1. The van der Waals surface area contributed by atoms with Gasteiger partial charge in [-0.3, -0.25) is 14.6 Å². The average Bonchev–Trinajstić information content (AvgIpc) is 2.74. The Morgan fingerprint density at radius 2 is 1.74 bits per heavy atom. The number of carbonyl (C=O) groups excluding carboxylic acids is 1. The van der Waals surface area contributed by atoms with E-state index in [1.165, 1.54) is 51.4 Å². The van der Waals surface area contributed by atoms with Crippen molar-refractivity contribution in [2.75, 3.05) is 52.5 Å². The molecule has 2 saturated heterocycles. The van der Waals surface area contributed by atoms with Gasteiger partial charge in [0.1, 0.15) is 0 Å². The third-order valence-electron chi connectivity index (χ3n) is 7.27. The lowest BCUT2D eigenvalue weighted by Gasteiger charge is -2.48. The first-order chi connectivity index (χ1) is 13.3. The molecule has 0 bridgehead atoms. The van der Waals surface area contributed by atoms with E-state index >= 15 is 0 Å². The number of amides is 1. The summed E-state index contributed by atoms with van der Waals surface area (Å²) in [5, 5.41) is 3.33. The van der Waals surface area contributed by atoms with Crippen LogP contribution in [0.5, 0.6) is 0 Å². The fourth-order valence-electron chi connectivity index (χ4n) is 5.73. The summed E-state index contributed by atoms with van der Waals surface area (Å²) in [5.41, 5.74) is 0.149. The fourth-order valence-corrected chi connectivity index (χ4v) is 5.73. The van der Waals surface area contributed by atoms with Gasteiger partial charge in [0, 0.05) is 37.8 Å². The molecule has 4 fully saturated rings. The monoisotopic (exact) mass is 379 g/mol. The van der Waals surface area contributed by atoms with Crippen LogP contribution in [0.3, 0.4) is 0 Å². The van der Waals surface area contributed by atoms with Crippen molar-refractivity contribution in [1.82, 2.24) is 15.1 Å². The van der Waals surface area contributed by atoms with Gasteiger partial charge >= 0.3 is 0 Å². The van der Waals surface area contributed by atoms with Crippen LogP contribution in [0.25, 0.3) is 0 Å². The molecular formula is C21H37N3O3. The number of morpholine rings is 2. The summed E-state index contributed by atoms with van der Waals surface area (Å²) < 4.78 is 11.5. The van der Waals surface area contributed by atoms with E-state index in [0.717, 1.165) is 52.4 Å². The highest BCUT2D eigenvalue weighted by Crippen LogP contribution is 2.34. The van der Waals surface area contributed by atoms with Crippen LogP contribution in [0, 0.1) is 0 Å². The fraction of sp³-hybridized carbons (Fsp3) is 0.952. The molecule has 2 aliphatic heterocycles. The Morgan fingerprint density at radius 1 is 0.963 bits per heavy atom. The second-order valence-electron chi connectivity index (χ2n) is 8.89. The van der Waals surface area contributed by atoms with E-state index in [1.807, 2.05) is 0 Å². The van der Waals surface area contributed by atoms with Crippen LogP contribution < -0.4 is 5.32 Å². The molecule has 27 heavy (non-hydrogen) atoms. The molecule has 4 rings (SSSR count). The minimum atomic E-state index is 0.149. The maximum atomic E-state index is 12.8. The summed E-state index contributed by atoms with van der Waals surface area (Å²) >= 11 is 0. The van der Waals surface area contributed by atoms with Crippen LogP contribution in [0.4, 0.5) is 0 Å². The van der Waals surface area contributed by atoms with Crippen LogP contribution in [-0.2, 0) is 14.3 Å². The van der Waals surface area contributed by atoms with Crippen LogP contribution in [-0.4, -0.2) is 85.9 Å². The summed E-state index contributed by atoms with van der Waals surface area (Å²) in [6, 6.07) is 0.445. The van der Waals surface area contributed by atoms with E-state index in [9.17, 15) is 4.79 Å². The molecule has 2 atom stereocenters. The third-order valence-corrected chi connectivity index (χ3v) is 7.27. The maximum Gasteiger partial charge on any atom is 0.234 e. The molecule has 2 saturated carbocycles. The highest BCUT2D eigenvalue weighted by Gasteiger charge is 2.39. The van der Waals surface area contributed by atoms with Crippen molar-refractivity contribution >= 4 is 5.91 Å². The van der Waals surface area contributed by atoms with Crippen molar-refractivity contribution < 1.29 is 14.3 Å². The third kappa shape index (κ3) is 4.66. The summed E-state index contributed by atoms with van der Waals surface area (Å²) in [6.07, 6.45) is 11.5. The van der Waals surface area contributed by atoms with Gasteiger partial charge in [0.05, 0.1) is 32.5 Å². The summed E-state index contributed by atoms with van der Waals surface area (Å²) in [6.45, 7) is 6.65. The standard InChI is InChI=1S/C21H37N3O3/c25-20(16-23-10-15-27-19-7-3-2-6-18(19)23)22-17-21(8-4-1-5-9-21)24-11-13-26-14-12-24/h18-19H,1-17H2,(H,22,25). The van der Waals surface area contributed by atoms with Gasteiger partial charge in [-0.25, -0.2) is 0 Å². The highest BCUT2D eigenvalue weighted by molar-refractivity contribution is 5.78. The lowest BCUT2D eigenvalue weighted by atomic mass is 9.79. The predicted molar refractivity (Wildman–Crippen MR) is 105 cm³/mol. The van der Waals surface area contributed by atoms with Gasteiger partial charge in [0.25, 0.3) is 0 Å². The molecule has 0 aromatic heterocycles. The first-order valence-electron chi connectivity index (χ1n) is 11.2. The summed E-state index contributed by atoms with van der Waals surface area (Å²) in [7, 11) is 0. The molecule has 0 aromatic rings. The molecule has 2 aliphatic carbocycles. The lowest BCUT2D eigenvalue weighted by Crippen LogP contribution is -2.61. The first kappa shape index (κ1) is 19.6. The zero-order valence-corrected chi connectivity index (χ0v) is 16.8. The van der Waals surface area contributed by atoms with Crippen LogP contribution in [0.2, 0.25) is 0 Å². The topological polar surface area (TPSA) is 54.0 Å². The minimum absolute atomic E-state index is 0.149. The highest BCUT2D eigenvalue weighted by atomic mass is 16.5. The Hall–Kier alpha value is -0.690. The number of hydrogen-bond acceptors (Lipinski definition) is 5. The van der Waals surface area contributed by atoms with Gasteiger partial charge in [0.2, 0.25) is 5.91 Å². The Morgan fingerprint density at radius 3 is 2.56 bits per heavy atom. The molecule has 0 spiro atoms. The molecular weight excluding hydrogens is 342 g/mol. The second-order valence-corrected chi connectivity index (χ2v) is 8.89. The van der Waals surface area contributed by atoms with Gasteiger partial charge in [-0.2, -0.15) is 0 Å². The van der Waals surface area contributed by atoms with Crippen molar-refractivity contribution in [3.05, 3.63) is 0 Å². The Balaban J connectivity index is 1.32. The van der Waals surface area contributed by atoms with Gasteiger partial charge in [-0.15, -0.1) is 0 Å². The molecule has 0 aromatic carbocycles. The number of nitrogens with one attached hydrogen (secondary N) is 1. The molecule has 6 nitrogen and oxygen atoms in total.